The van der Waals surface area contributed by atoms with Crippen LogP contribution >= 0.6 is 0 Å². The molecule has 1 fully saturated rings. The molecule has 2 atom stereocenters. The van der Waals surface area contributed by atoms with Crippen molar-refractivity contribution in [3.63, 3.8) is 0 Å². The molecule has 0 amide bonds. The van der Waals surface area contributed by atoms with Crippen molar-refractivity contribution in [2.45, 2.75) is 26.4 Å². The zero-order valence-corrected chi connectivity index (χ0v) is 11.4. The first-order valence-corrected chi connectivity index (χ1v) is 6.60. The zero-order chi connectivity index (χ0) is 12.7. The molecule has 0 aliphatic carbocycles. The molecule has 4 nitrogen and oxygen atoms in total. The van der Waals surface area contributed by atoms with Gasteiger partial charge in [-0.2, -0.15) is 0 Å². The lowest BCUT2D eigenvalue weighted by Gasteiger charge is -2.28. The Labute approximate surface area is 105 Å². The summed E-state index contributed by atoms with van der Waals surface area (Å²) >= 11 is 0. The van der Waals surface area contributed by atoms with E-state index in [0.29, 0.717) is 18.4 Å². The Morgan fingerprint density at radius 3 is 2.71 bits per heavy atom. The van der Waals surface area contributed by atoms with Crippen LogP contribution in [0.15, 0.2) is 0 Å². The van der Waals surface area contributed by atoms with E-state index < -0.39 is 0 Å². The first-order valence-electron chi connectivity index (χ1n) is 6.60. The van der Waals surface area contributed by atoms with Gasteiger partial charge in [-0.05, 0) is 12.3 Å². The van der Waals surface area contributed by atoms with Crippen molar-refractivity contribution < 1.29 is 14.6 Å². The van der Waals surface area contributed by atoms with E-state index in [1.165, 1.54) is 0 Å². The van der Waals surface area contributed by atoms with Gasteiger partial charge in [-0.25, -0.2) is 0 Å². The highest BCUT2D eigenvalue weighted by Gasteiger charge is 2.25. The highest BCUT2D eigenvalue weighted by atomic mass is 16.5. The Hall–Kier alpha value is -0.160. The number of aliphatic hydroxyl groups is 1. The van der Waals surface area contributed by atoms with Crippen molar-refractivity contribution >= 4 is 0 Å². The Morgan fingerprint density at radius 1 is 1.41 bits per heavy atom. The highest BCUT2D eigenvalue weighted by Crippen LogP contribution is 2.17. The molecule has 0 aromatic carbocycles. The van der Waals surface area contributed by atoms with Crippen molar-refractivity contribution in [3.8, 4) is 0 Å². The van der Waals surface area contributed by atoms with Gasteiger partial charge in [0.05, 0.1) is 19.3 Å². The molecular formula is C13H27NO3. The molecule has 0 spiro atoms. The second-order valence-corrected chi connectivity index (χ2v) is 5.34. The van der Waals surface area contributed by atoms with Crippen LogP contribution in [0.25, 0.3) is 0 Å². The Morgan fingerprint density at radius 2 is 2.18 bits per heavy atom. The van der Waals surface area contributed by atoms with Gasteiger partial charge in [0, 0.05) is 39.3 Å². The topological polar surface area (TPSA) is 41.9 Å². The van der Waals surface area contributed by atoms with Gasteiger partial charge in [0.15, 0.2) is 0 Å². The number of rotatable bonds is 8. The number of ether oxygens (including phenoxy) is 2. The van der Waals surface area contributed by atoms with Crippen LogP contribution in [0, 0.1) is 11.8 Å². The molecule has 1 rings (SSSR count). The number of aliphatic hydroxyl groups excluding tert-OH is 1. The summed E-state index contributed by atoms with van der Waals surface area (Å²) in [6.45, 7) is 9.25. The molecule has 1 aliphatic heterocycles. The average molecular weight is 245 g/mol. The smallest absolute Gasteiger partial charge is 0.0718 e. The van der Waals surface area contributed by atoms with Crippen LogP contribution in [0.4, 0.5) is 0 Å². The third-order valence-electron chi connectivity index (χ3n) is 3.19. The summed E-state index contributed by atoms with van der Waals surface area (Å²) < 4.78 is 10.4. The number of methoxy groups -OCH3 is 1. The summed E-state index contributed by atoms with van der Waals surface area (Å²) in [6.07, 6.45) is 0.717. The Bertz CT molecular complexity index is 193. The summed E-state index contributed by atoms with van der Waals surface area (Å²) in [7, 11) is 1.72. The van der Waals surface area contributed by atoms with Crippen LogP contribution in [-0.2, 0) is 9.47 Å². The molecule has 17 heavy (non-hydrogen) atoms. The van der Waals surface area contributed by atoms with Crippen LogP contribution in [-0.4, -0.2) is 62.7 Å². The van der Waals surface area contributed by atoms with Gasteiger partial charge in [0.1, 0.15) is 0 Å². The predicted molar refractivity (Wildman–Crippen MR) is 68.1 cm³/mol. The van der Waals surface area contributed by atoms with Gasteiger partial charge in [0.25, 0.3) is 0 Å². The molecule has 1 heterocycles. The standard InChI is InChI=1S/C13H27NO3/c1-11(2)8-14(5-7-16-3)9-13(15)12-4-6-17-10-12/h11-13,15H,4-10H2,1-3H3. The van der Waals surface area contributed by atoms with Crippen LogP contribution in [0.1, 0.15) is 20.3 Å². The van der Waals surface area contributed by atoms with Gasteiger partial charge in [0.2, 0.25) is 0 Å². The van der Waals surface area contributed by atoms with E-state index in [0.717, 1.165) is 39.3 Å². The fourth-order valence-corrected chi connectivity index (χ4v) is 2.26. The largest absolute Gasteiger partial charge is 0.391 e. The summed E-state index contributed by atoms with van der Waals surface area (Å²) in [5.41, 5.74) is 0. The van der Waals surface area contributed by atoms with Crippen molar-refractivity contribution in [1.82, 2.24) is 4.90 Å². The van der Waals surface area contributed by atoms with Gasteiger partial charge < -0.3 is 14.6 Å². The summed E-state index contributed by atoms with van der Waals surface area (Å²) in [6, 6.07) is 0. The molecule has 2 unspecified atom stereocenters. The molecule has 4 heteroatoms. The molecular weight excluding hydrogens is 218 g/mol. The maximum Gasteiger partial charge on any atom is 0.0718 e. The van der Waals surface area contributed by atoms with Crippen LogP contribution in [0.5, 0.6) is 0 Å². The second kappa shape index (κ2) is 8.03. The molecule has 1 N–H and O–H groups in total. The lowest BCUT2D eigenvalue weighted by atomic mass is 10.0. The predicted octanol–water partition coefficient (Wildman–Crippen LogP) is 0.988. The maximum atomic E-state index is 10.2. The lowest BCUT2D eigenvalue weighted by Crippen LogP contribution is -2.40. The Balaban J connectivity index is 2.34. The third-order valence-corrected chi connectivity index (χ3v) is 3.19. The lowest BCUT2D eigenvalue weighted by molar-refractivity contribution is 0.0427. The first-order chi connectivity index (χ1) is 8.13. The maximum absolute atomic E-state index is 10.2. The van der Waals surface area contributed by atoms with Crippen molar-refractivity contribution in [2.75, 3.05) is 46.6 Å². The number of nitrogens with zero attached hydrogens (tertiary/aromatic N) is 1. The van der Waals surface area contributed by atoms with E-state index in [1.54, 1.807) is 7.11 Å². The molecule has 102 valence electrons. The fourth-order valence-electron chi connectivity index (χ4n) is 2.26. The van der Waals surface area contributed by atoms with Crippen molar-refractivity contribution in [3.05, 3.63) is 0 Å². The molecule has 1 aliphatic rings. The third kappa shape index (κ3) is 5.82. The minimum absolute atomic E-state index is 0.270. The van der Waals surface area contributed by atoms with E-state index in [4.69, 9.17) is 9.47 Å². The molecule has 0 aromatic heterocycles. The summed E-state index contributed by atoms with van der Waals surface area (Å²) in [4.78, 5) is 2.29. The van der Waals surface area contributed by atoms with E-state index >= 15 is 0 Å². The number of hydrogen-bond donors (Lipinski definition) is 1. The average Bonchev–Trinajstić information content (AvgIpc) is 2.78. The van der Waals surface area contributed by atoms with E-state index in [9.17, 15) is 5.11 Å². The number of hydrogen-bond acceptors (Lipinski definition) is 4. The fraction of sp³-hybridized carbons (Fsp3) is 1.00. The van der Waals surface area contributed by atoms with Crippen molar-refractivity contribution in [2.24, 2.45) is 11.8 Å². The minimum Gasteiger partial charge on any atom is -0.391 e. The van der Waals surface area contributed by atoms with Crippen molar-refractivity contribution in [1.29, 1.82) is 0 Å². The normalized spacial score (nSPS) is 22.6. The Kier molecular flexibility index (Phi) is 7.04. The highest BCUT2D eigenvalue weighted by molar-refractivity contribution is 4.76. The summed E-state index contributed by atoms with van der Waals surface area (Å²) in [5.74, 6) is 0.922. The molecule has 0 radical (unpaired) electrons. The van der Waals surface area contributed by atoms with Gasteiger partial charge >= 0.3 is 0 Å². The van der Waals surface area contributed by atoms with E-state index in [-0.39, 0.29) is 6.10 Å². The van der Waals surface area contributed by atoms with Gasteiger partial charge in [-0.3, -0.25) is 4.90 Å². The first kappa shape index (κ1) is 14.9. The molecule has 0 bridgehead atoms. The van der Waals surface area contributed by atoms with Crippen LogP contribution < -0.4 is 0 Å². The van der Waals surface area contributed by atoms with Crippen LogP contribution in [0.2, 0.25) is 0 Å². The molecule has 0 saturated carbocycles. The SMILES string of the molecule is COCCN(CC(C)C)CC(O)C1CCOC1. The molecule has 0 aromatic rings. The minimum atomic E-state index is -0.270. The van der Waals surface area contributed by atoms with E-state index in [2.05, 4.69) is 18.7 Å². The van der Waals surface area contributed by atoms with Gasteiger partial charge in [-0.15, -0.1) is 0 Å². The quantitative estimate of drug-likeness (QED) is 0.692. The summed E-state index contributed by atoms with van der Waals surface area (Å²) in [5, 5.41) is 10.2. The van der Waals surface area contributed by atoms with Gasteiger partial charge in [-0.1, -0.05) is 13.8 Å². The van der Waals surface area contributed by atoms with E-state index in [1.807, 2.05) is 0 Å². The zero-order valence-electron chi connectivity index (χ0n) is 11.4. The monoisotopic (exact) mass is 245 g/mol. The molecule has 1 saturated heterocycles. The second-order valence-electron chi connectivity index (χ2n) is 5.34. The van der Waals surface area contributed by atoms with Crippen LogP contribution in [0.3, 0.4) is 0 Å².